The van der Waals surface area contributed by atoms with Crippen molar-refractivity contribution in [3.8, 4) is 0 Å². The summed E-state index contributed by atoms with van der Waals surface area (Å²) < 4.78 is 0. The average Bonchev–Trinajstić information content (AvgIpc) is 2.50. The first-order chi connectivity index (χ1) is 10.3. The lowest BCUT2D eigenvalue weighted by molar-refractivity contribution is 0.413. The Balaban J connectivity index is 3.08. The molecular weight excluding hydrogens is 252 g/mol. The van der Waals surface area contributed by atoms with E-state index in [-0.39, 0.29) is 0 Å². The Morgan fingerprint density at radius 1 is 0.524 bits per heavy atom. The highest BCUT2D eigenvalue weighted by Gasteiger charge is 2.04. The van der Waals surface area contributed by atoms with Crippen molar-refractivity contribution in [2.45, 2.75) is 116 Å². The summed E-state index contributed by atoms with van der Waals surface area (Å²) in [4.78, 5) is 0. The molecule has 0 heteroatoms. The van der Waals surface area contributed by atoms with Crippen molar-refractivity contribution in [2.75, 3.05) is 0 Å². The van der Waals surface area contributed by atoms with Gasteiger partial charge in [-0.15, -0.1) is 0 Å². The molecule has 0 rings (SSSR count). The molecule has 0 heterocycles. The molecule has 0 saturated heterocycles. The van der Waals surface area contributed by atoms with Crippen molar-refractivity contribution < 1.29 is 0 Å². The van der Waals surface area contributed by atoms with Crippen LogP contribution in [0.25, 0.3) is 0 Å². The van der Waals surface area contributed by atoms with Gasteiger partial charge >= 0.3 is 0 Å². The van der Waals surface area contributed by atoms with Crippen LogP contribution in [0.2, 0.25) is 0 Å². The maximum absolute atomic E-state index is 3.98. The monoisotopic (exact) mass is 294 g/mol. The van der Waals surface area contributed by atoms with Gasteiger partial charge in [0, 0.05) is 0 Å². The van der Waals surface area contributed by atoms with Gasteiger partial charge in [-0.3, -0.25) is 0 Å². The third-order valence-corrected chi connectivity index (χ3v) is 4.80. The van der Waals surface area contributed by atoms with Crippen molar-refractivity contribution in [1.29, 1.82) is 0 Å². The minimum absolute atomic E-state index is 0.950. The van der Waals surface area contributed by atoms with Crippen molar-refractivity contribution >= 4 is 0 Å². The molecule has 1 unspecified atom stereocenters. The van der Waals surface area contributed by atoms with Crippen LogP contribution in [0.3, 0.4) is 0 Å². The molecule has 126 valence electrons. The van der Waals surface area contributed by atoms with Crippen LogP contribution in [0, 0.1) is 19.8 Å². The highest BCUT2D eigenvalue weighted by molar-refractivity contribution is 4.59. The predicted octanol–water partition coefficient (Wildman–Crippen LogP) is 7.92. The van der Waals surface area contributed by atoms with Crippen LogP contribution in [0.1, 0.15) is 116 Å². The topological polar surface area (TPSA) is 0 Å². The quantitative estimate of drug-likeness (QED) is 0.239. The van der Waals surface area contributed by atoms with Crippen LogP contribution in [0.5, 0.6) is 0 Å². The Labute approximate surface area is 136 Å². The van der Waals surface area contributed by atoms with E-state index in [1.807, 2.05) is 0 Å². The lowest BCUT2D eigenvalue weighted by atomic mass is 9.94. The highest BCUT2D eigenvalue weighted by atomic mass is 14.1. The maximum Gasteiger partial charge on any atom is -0.0417 e. The Bertz CT molecular complexity index is 173. The van der Waals surface area contributed by atoms with E-state index in [2.05, 4.69) is 20.8 Å². The maximum atomic E-state index is 3.98. The first-order valence-electron chi connectivity index (χ1n) is 9.93. The zero-order valence-electron chi connectivity index (χ0n) is 15.0. The number of hydrogen-bond acceptors (Lipinski definition) is 0. The first-order valence-corrected chi connectivity index (χ1v) is 9.93. The molecule has 0 nitrogen and oxygen atoms in total. The molecule has 0 aliphatic rings. The normalized spacial score (nSPS) is 12.7. The molecule has 0 aliphatic heterocycles. The van der Waals surface area contributed by atoms with E-state index in [0.717, 1.165) is 18.8 Å². The summed E-state index contributed by atoms with van der Waals surface area (Å²) in [6.45, 7) is 10.2. The van der Waals surface area contributed by atoms with Gasteiger partial charge in [0.2, 0.25) is 0 Å². The number of hydrogen-bond donors (Lipinski definition) is 0. The van der Waals surface area contributed by atoms with Crippen molar-refractivity contribution in [3.05, 3.63) is 13.8 Å². The number of unbranched alkanes of at least 4 members (excludes halogenated alkanes) is 12. The SMILES string of the molecule is [CH2]CCCCCCCCCCCCCCC(CC)CC[CH2]. The van der Waals surface area contributed by atoms with Gasteiger partial charge in [-0.2, -0.15) is 0 Å². The standard InChI is InChI=1S/C21H42/c1-4-7-8-9-10-11-12-13-14-15-16-17-18-20-21(6-3)19-5-2/h21H,1-2,4-20H2,3H3. The molecule has 0 aromatic rings. The van der Waals surface area contributed by atoms with Crippen LogP contribution in [-0.4, -0.2) is 0 Å². The summed E-state index contributed by atoms with van der Waals surface area (Å²) in [5.74, 6) is 0.950. The van der Waals surface area contributed by atoms with Gasteiger partial charge in [-0.1, -0.05) is 130 Å². The van der Waals surface area contributed by atoms with Gasteiger partial charge in [0.1, 0.15) is 0 Å². The second-order valence-electron chi connectivity index (χ2n) is 6.80. The second kappa shape index (κ2) is 18.1. The Kier molecular flexibility index (Phi) is 18.1. The van der Waals surface area contributed by atoms with Gasteiger partial charge in [-0.05, 0) is 5.92 Å². The van der Waals surface area contributed by atoms with E-state index in [1.165, 1.54) is 96.3 Å². The highest BCUT2D eigenvalue weighted by Crippen LogP contribution is 2.19. The minimum atomic E-state index is 0.950. The summed E-state index contributed by atoms with van der Waals surface area (Å²) in [6, 6.07) is 0. The smallest absolute Gasteiger partial charge is 0.0417 e. The molecule has 0 amide bonds. The molecule has 0 spiro atoms. The van der Waals surface area contributed by atoms with Crippen LogP contribution in [-0.2, 0) is 0 Å². The van der Waals surface area contributed by atoms with Gasteiger partial charge in [0.05, 0.1) is 0 Å². The van der Waals surface area contributed by atoms with Crippen LogP contribution < -0.4 is 0 Å². The minimum Gasteiger partial charge on any atom is -0.0651 e. The Morgan fingerprint density at radius 2 is 0.952 bits per heavy atom. The fourth-order valence-electron chi connectivity index (χ4n) is 3.22. The van der Waals surface area contributed by atoms with Crippen LogP contribution in [0.15, 0.2) is 0 Å². The van der Waals surface area contributed by atoms with Gasteiger partial charge in [-0.25, -0.2) is 0 Å². The molecule has 0 aromatic carbocycles. The summed E-state index contributed by atoms with van der Waals surface area (Å²) in [5.41, 5.74) is 0. The van der Waals surface area contributed by atoms with Crippen molar-refractivity contribution in [2.24, 2.45) is 5.92 Å². The Morgan fingerprint density at radius 3 is 1.33 bits per heavy atom. The largest absolute Gasteiger partial charge is 0.0651 e. The predicted molar refractivity (Wildman–Crippen MR) is 98.4 cm³/mol. The summed E-state index contributed by atoms with van der Waals surface area (Å²) in [7, 11) is 0. The molecule has 2 radical (unpaired) electrons. The fraction of sp³-hybridized carbons (Fsp3) is 0.905. The third kappa shape index (κ3) is 16.2. The second-order valence-corrected chi connectivity index (χ2v) is 6.80. The van der Waals surface area contributed by atoms with Gasteiger partial charge in [0.15, 0.2) is 0 Å². The molecule has 0 N–H and O–H groups in total. The van der Waals surface area contributed by atoms with Gasteiger partial charge in [0.25, 0.3) is 0 Å². The lowest BCUT2D eigenvalue weighted by Crippen LogP contribution is -1.98. The van der Waals surface area contributed by atoms with E-state index in [1.54, 1.807) is 0 Å². The Hall–Kier alpha value is 0. The van der Waals surface area contributed by atoms with Crippen LogP contribution in [0.4, 0.5) is 0 Å². The zero-order chi connectivity index (χ0) is 15.6. The first kappa shape index (κ1) is 21.0. The summed E-state index contributed by atoms with van der Waals surface area (Å²) >= 11 is 0. The fourth-order valence-corrected chi connectivity index (χ4v) is 3.22. The molecule has 21 heavy (non-hydrogen) atoms. The molecule has 1 atom stereocenters. The molecule has 0 fully saturated rings. The number of rotatable bonds is 17. The zero-order valence-corrected chi connectivity index (χ0v) is 15.0. The van der Waals surface area contributed by atoms with Gasteiger partial charge < -0.3 is 0 Å². The van der Waals surface area contributed by atoms with E-state index in [9.17, 15) is 0 Å². The van der Waals surface area contributed by atoms with E-state index < -0.39 is 0 Å². The van der Waals surface area contributed by atoms with E-state index >= 15 is 0 Å². The van der Waals surface area contributed by atoms with E-state index in [4.69, 9.17) is 0 Å². The van der Waals surface area contributed by atoms with Crippen molar-refractivity contribution in [1.82, 2.24) is 0 Å². The van der Waals surface area contributed by atoms with Crippen LogP contribution >= 0.6 is 0 Å². The van der Waals surface area contributed by atoms with E-state index in [0.29, 0.717) is 0 Å². The molecular formula is C21H42. The average molecular weight is 295 g/mol. The molecule has 0 aromatic heterocycles. The molecule has 0 saturated carbocycles. The summed E-state index contributed by atoms with van der Waals surface area (Å²) in [5, 5.41) is 0. The molecule has 0 aliphatic carbocycles. The third-order valence-electron chi connectivity index (χ3n) is 4.80. The lowest BCUT2D eigenvalue weighted by Gasteiger charge is -2.12. The molecule has 0 bridgehead atoms. The summed E-state index contributed by atoms with van der Waals surface area (Å²) in [6.07, 6.45) is 23.7. The van der Waals surface area contributed by atoms with Crippen molar-refractivity contribution in [3.63, 3.8) is 0 Å².